The van der Waals surface area contributed by atoms with E-state index in [0.29, 0.717) is 6.54 Å². The quantitative estimate of drug-likeness (QED) is 0.847. The van der Waals surface area contributed by atoms with Crippen molar-refractivity contribution in [3.63, 3.8) is 0 Å². The predicted molar refractivity (Wildman–Crippen MR) is 73.1 cm³/mol. The van der Waals surface area contributed by atoms with Gasteiger partial charge in [-0.15, -0.1) is 0 Å². The van der Waals surface area contributed by atoms with Crippen molar-refractivity contribution in [1.29, 1.82) is 0 Å². The third-order valence-corrected chi connectivity index (χ3v) is 4.20. The third kappa shape index (κ3) is 3.56. The minimum absolute atomic E-state index is 0.203. The molecule has 0 radical (unpaired) electrons. The monoisotopic (exact) mass is 295 g/mol. The molecule has 1 aliphatic carbocycles. The van der Waals surface area contributed by atoms with Gasteiger partial charge in [0.1, 0.15) is 0 Å². The fourth-order valence-corrected chi connectivity index (χ4v) is 2.77. The molecule has 1 N–H and O–H groups in total. The summed E-state index contributed by atoms with van der Waals surface area (Å²) in [6.07, 6.45) is 4.53. The molecule has 1 saturated carbocycles. The van der Waals surface area contributed by atoms with Crippen molar-refractivity contribution in [2.75, 3.05) is 6.54 Å². The van der Waals surface area contributed by atoms with Gasteiger partial charge in [0.15, 0.2) is 0 Å². The summed E-state index contributed by atoms with van der Waals surface area (Å²) in [7, 11) is 0. The number of rotatable bonds is 4. The SMILES string of the molecule is O=C(NCC(Br)c1ccccc1)C1CCCC1. The van der Waals surface area contributed by atoms with Gasteiger partial charge in [-0.3, -0.25) is 4.79 Å². The number of carbonyl (C=O) groups excluding carboxylic acids is 1. The maximum atomic E-state index is 11.8. The van der Waals surface area contributed by atoms with E-state index < -0.39 is 0 Å². The number of hydrogen-bond donors (Lipinski definition) is 1. The molecule has 1 aromatic carbocycles. The number of nitrogens with one attached hydrogen (secondary N) is 1. The molecule has 1 amide bonds. The molecule has 0 heterocycles. The topological polar surface area (TPSA) is 29.1 Å². The number of amides is 1. The average Bonchev–Trinajstić information content (AvgIpc) is 2.90. The van der Waals surface area contributed by atoms with Crippen LogP contribution in [0.5, 0.6) is 0 Å². The van der Waals surface area contributed by atoms with Crippen LogP contribution in [0.3, 0.4) is 0 Å². The molecule has 0 saturated heterocycles. The van der Waals surface area contributed by atoms with Crippen molar-refractivity contribution in [2.24, 2.45) is 5.92 Å². The van der Waals surface area contributed by atoms with E-state index in [-0.39, 0.29) is 16.7 Å². The number of halogens is 1. The summed E-state index contributed by atoms with van der Waals surface area (Å²) >= 11 is 3.61. The van der Waals surface area contributed by atoms with Crippen LogP contribution < -0.4 is 5.32 Å². The van der Waals surface area contributed by atoms with Crippen molar-refractivity contribution in [2.45, 2.75) is 30.5 Å². The van der Waals surface area contributed by atoms with Gasteiger partial charge in [0.25, 0.3) is 0 Å². The summed E-state index contributed by atoms with van der Waals surface area (Å²) in [5.41, 5.74) is 1.21. The van der Waals surface area contributed by atoms with Crippen LogP contribution in [0.4, 0.5) is 0 Å². The molecule has 17 heavy (non-hydrogen) atoms. The van der Waals surface area contributed by atoms with E-state index in [1.54, 1.807) is 0 Å². The summed E-state index contributed by atoms with van der Waals surface area (Å²) in [5.74, 6) is 0.480. The van der Waals surface area contributed by atoms with Crippen LogP contribution in [-0.4, -0.2) is 12.5 Å². The first-order valence-corrected chi connectivity index (χ1v) is 7.15. The van der Waals surface area contributed by atoms with Gasteiger partial charge in [0, 0.05) is 12.5 Å². The number of carbonyl (C=O) groups is 1. The van der Waals surface area contributed by atoms with Crippen molar-refractivity contribution < 1.29 is 4.79 Å². The van der Waals surface area contributed by atoms with E-state index in [0.717, 1.165) is 12.8 Å². The summed E-state index contributed by atoms with van der Waals surface area (Å²) < 4.78 is 0. The van der Waals surface area contributed by atoms with Crippen molar-refractivity contribution in [3.8, 4) is 0 Å². The van der Waals surface area contributed by atoms with E-state index in [4.69, 9.17) is 0 Å². The lowest BCUT2D eigenvalue weighted by Crippen LogP contribution is -2.31. The maximum absolute atomic E-state index is 11.8. The van der Waals surface area contributed by atoms with Crippen molar-refractivity contribution >= 4 is 21.8 Å². The van der Waals surface area contributed by atoms with E-state index >= 15 is 0 Å². The number of hydrogen-bond acceptors (Lipinski definition) is 1. The van der Waals surface area contributed by atoms with Crippen LogP contribution in [0.1, 0.15) is 36.1 Å². The zero-order valence-electron chi connectivity index (χ0n) is 9.86. The van der Waals surface area contributed by atoms with Crippen LogP contribution in [0.25, 0.3) is 0 Å². The number of benzene rings is 1. The standard InChI is InChI=1S/C14H18BrNO/c15-13(11-6-2-1-3-7-11)10-16-14(17)12-8-4-5-9-12/h1-3,6-7,12-13H,4-5,8-10H2,(H,16,17). The summed E-state index contributed by atoms with van der Waals surface area (Å²) in [5, 5.41) is 3.04. The Hall–Kier alpha value is -0.830. The smallest absolute Gasteiger partial charge is 0.223 e. The Morgan fingerprint density at radius 2 is 1.94 bits per heavy atom. The largest absolute Gasteiger partial charge is 0.354 e. The predicted octanol–water partition coefficient (Wildman–Crippen LogP) is 3.43. The molecule has 1 unspecified atom stereocenters. The molecule has 92 valence electrons. The Kier molecular flexibility index (Phi) is 4.60. The van der Waals surface area contributed by atoms with Gasteiger partial charge >= 0.3 is 0 Å². The molecule has 1 atom stereocenters. The Morgan fingerprint density at radius 1 is 1.29 bits per heavy atom. The van der Waals surface area contributed by atoms with Crippen LogP contribution in [0.15, 0.2) is 30.3 Å². The molecule has 0 aromatic heterocycles. The molecule has 1 fully saturated rings. The zero-order valence-corrected chi connectivity index (χ0v) is 11.4. The fraction of sp³-hybridized carbons (Fsp3) is 0.500. The minimum Gasteiger partial charge on any atom is -0.354 e. The lowest BCUT2D eigenvalue weighted by Gasteiger charge is -2.14. The second kappa shape index (κ2) is 6.20. The number of alkyl halides is 1. The molecule has 0 spiro atoms. The summed E-state index contributed by atoms with van der Waals surface area (Å²) in [6.45, 7) is 0.666. The lowest BCUT2D eigenvalue weighted by atomic mass is 10.1. The molecular weight excluding hydrogens is 278 g/mol. The van der Waals surface area contributed by atoms with Crippen LogP contribution >= 0.6 is 15.9 Å². The Bertz CT molecular complexity index is 360. The molecule has 2 rings (SSSR count). The molecule has 3 heteroatoms. The average molecular weight is 296 g/mol. The van der Waals surface area contributed by atoms with Crippen LogP contribution in [-0.2, 0) is 4.79 Å². The normalized spacial score (nSPS) is 17.9. The van der Waals surface area contributed by atoms with Gasteiger partial charge in [-0.2, -0.15) is 0 Å². The Morgan fingerprint density at radius 3 is 2.59 bits per heavy atom. The van der Waals surface area contributed by atoms with Gasteiger partial charge in [0.05, 0.1) is 4.83 Å². The molecular formula is C14H18BrNO. The molecule has 0 aliphatic heterocycles. The van der Waals surface area contributed by atoms with Crippen molar-refractivity contribution in [1.82, 2.24) is 5.32 Å². The first-order valence-electron chi connectivity index (χ1n) is 6.24. The van der Waals surface area contributed by atoms with Crippen molar-refractivity contribution in [3.05, 3.63) is 35.9 Å². The van der Waals surface area contributed by atoms with E-state index in [2.05, 4.69) is 33.4 Å². The third-order valence-electron chi connectivity index (χ3n) is 3.34. The van der Waals surface area contributed by atoms with Gasteiger partial charge in [-0.25, -0.2) is 0 Å². The first kappa shape index (κ1) is 12.6. The van der Waals surface area contributed by atoms with E-state index in [1.165, 1.54) is 18.4 Å². The fourth-order valence-electron chi connectivity index (χ4n) is 2.30. The molecule has 0 bridgehead atoms. The highest BCUT2D eigenvalue weighted by atomic mass is 79.9. The minimum atomic E-state index is 0.203. The second-order valence-corrected chi connectivity index (χ2v) is 5.71. The zero-order chi connectivity index (χ0) is 12.1. The Labute approximate surface area is 111 Å². The molecule has 1 aliphatic rings. The Balaban J connectivity index is 1.80. The van der Waals surface area contributed by atoms with Gasteiger partial charge in [-0.1, -0.05) is 59.1 Å². The summed E-state index contributed by atoms with van der Waals surface area (Å²) in [4.78, 5) is 12.1. The van der Waals surface area contributed by atoms with E-state index in [1.807, 2.05) is 18.2 Å². The highest BCUT2D eigenvalue weighted by Crippen LogP contribution is 2.25. The lowest BCUT2D eigenvalue weighted by molar-refractivity contribution is -0.124. The van der Waals surface area contributed by atoms with Crippen LogP contribution in [0, 0.1) is 5.92 Å². The van der Waals surface area contributed by atoms with E-state index in [9.17, 15) is 4.79 Å². The highest BCUT2D eigenvalue weighted by Gasteiger charge is 2.22. The maximum Gasteiger partial charge on any atom is 0.223 e. The van der Waals surface area contributed by atoms with Crippen LogP contribution in [0.2, 0.25) is 0 Å². The van der Waals surface area contributed by atoms with Gasteiger partial charge in [0.2, 0.25) is 5.91 Å². The van der Waals surface area contributed by atoms with Gasteiger partial charge in [-0.05, 0) is 18.4 Å². The summed E-state index contributed by atoms with van der Waals surface area (Å²) in [6, 6.07) is 10.2. The molecule has 2 nitrogen and oxygen atoms in total. The second-order valence-electron chi connectivity index (χ2n) is 4.60. The van der Waals surface area contributed by atoms with Gasteiger partial charge < -0.3 is 5.32 Å². The molecule has 1 aromatic rings. The highest BCUT2D eigenvalue weighted by molar-refractivity contribution is 9.09. The first-order chi connectivity index (χ1) is 8.27.